The molecule has 5 nitrogen and oxygen atoms in total. The van der Waals surface area contributed by atoms with E-state index in [9.17, 15) is 4.79 Å². The van der Waals surface area contributed by atoms with Gasteiger partial charge >= 0.3 is 0 Å². The van der Waals surface area contributed by atoms with Crippen LogP contribution in [-0.4, -0.2) is 18.2 Å². The molecular weight excluding hydrogens is 266 g/mol. The second-order valence-corrected chi connectivity index (χ2v) is 4.72. The van der Waals surface area contributed by atoms with Gasteiger partial charge in [-0.2, -0.15) is 5.10 Å². The molecule has 0 spiro atoms. The average Bonchev–Trinajstić information content (AvgIpc) is 2.53. The van der Waals surface area contributed by atoms with Crippen LogP contribution >= 0.6 is 0 Å². The fraction of sp³-hybridized carbons (Fsp3) is 0.125. The number of nitrogens with two attached hydrogens (primary N) is 1. The van der Waals surface area contributed by atoms with E-state index >= 15 is 0 Å². The number of rotatable bonds is 2. The molecule has 3 rings (SSSR count). The van der Waals surface area contributed by atoms with Gasteiger partial charge in [0.2, 0.25) is 0 Å². The number of nitrogen functional groups attached to an aromatic ring is 1. The van der Waals surface area contributed by atoms with Crippen LogP contribution < -0.4 is 15.9 Å². The molecule has 0 fully saturated rings. The third-order valence-electron chi connectivity index (χ3n) is 3.26. The van der Waals surface area contributed by atoms with Crippen molar-refractivity contribution in [3.8, 4) is 5.75 Å². The van der Waals surface area contributed by atoms with E-state index in [1.807, 2.05) is 24.3 Å². The summed E-state index contributed by atoms with van der Waals surface area (Å²) < 4.78 is 5.55. The highest BCUT2D eigenvalue weighted by Crippen LogP contribution is 2.24. The highest BCUT2D eigenvalue weighted by Gasteiger charge is 2.16. The van der Waals surface area contributed by atoms with Crippen LogP contribution in [0.1, 0.15) is 22.3 Å². The maximum Gasteiger partial charge on any atom is 0.271 e. The molecule has 1 amide bonds. The van der Waals surface area contributed by atoms with E-state index in [0.29, 0.717) is 24.3 Å². The van der Waals surface area contributed by atoms with E-state index in [1.165, 1.54) is 0 Å². The number of amides is 1. The van der Waals surface area contributed by atoms with Crippen molar-refractivity contribution >= 4 is 17.3 Å². The average molecular weight is 281 g/mol. The lowest BCUT2D eigenvalue weighted by atomic mass is 10.0. The van der Waals surface area contributed by atoms with Gasteiger partial charge in [0.25, 0.3) is 5.91 Å². The maximum absolute atomic E-state index is 12.0. The lowest BCUT2D eigenvalue weighted by Gasteiger charge is -2.18. The van der Waals surface area contributed by atoms with Gasteiger partial charge in [-0.3, -0.25) is 4.79 Å². The van der Waals surface area contributed by atoms with E-state index in [-0.39, 0.29) is 5.91 Å². The summed E-state index contributed by atoms with van der Waals surface area (Å²) in [7, 11) is 0. The normalized spacial score (nSPS) is 15.1. The topological polar surface area (TPSA) is 76.7 Å². The minimum absolute atomic E-state index is 0.258. The van der Waals surface area contributed by atoms with Gasteiger partial charge in [-0.15, -0.1) is 0 Å². The van der Waals surface area contributed by atoms with Crippen molar-refractivity contribution in [2.45, 2.75) is 6.42 Å². The number of hydrazone groups is 1. The number of nitrogens with zero attached hydrogens (tertiary/aromatic N) is 1. The van der Waals surface area contributed by atoms with Crippen molar-refractivity contribution in [3.63, 3.8) is 0 Å². The van der Waals surface area contributed by atoms with Crippen LogP contribution in [0.5, 0.6) is 5.75 Å². The SMILES string of the molecule is Nc1ccc(C(=O)N/N=C2/CCOc3ccccc32)cc1. The van der Waals surface area contributed by atoms with Gasteiger partial charge < -0.3 is 10.5 Å². The molecular formula is C16H15N3O2. The Morgan fingerprint density at radius 2 is 1.90 bits per heavy atom. The zero-order chi connectivity index (χ0) is 14.7. The fourth-order valence-corrected chi connectivity index (χ4v) is 2.16. The van der Waals surface area contributed by atoms with Crippen molar-refractivity contribution in [3.05, 3.63) is 59.7 Å². The number of para-hydroxylation sites is 1. The predicted octanol–water partition coefficient (Wildman–Crippen LogP) is 2.19. The summed E-state index contributed by atoms with van der Waals surface area (Å²) in [6, 6.07) is 14.4. The Morgan fingerprint density at radius 3 is 2.71 bits per heavy atom. The van der Waals surface area contributed by atoms with Gasteiger partial charge in [-0.25, -0.2) is 5.43 Å². The molecule has 0 atom stereocenters. The monoisotopic (exact) mass is 281 g/mol. The maximum atomic E-state index is 12.0. The zero-order valence-electron chi connectivity index (χ0n) is 11.4. The van der Waals surface area contributed by atoms with Crippen LogP contribution in [0, 0.1) is 0 Å². The minimum Gasteiger partial charge on any atom is -0.492 e. The Bertz CT molecular complexity index is 693. The summed E-state index contributed by atoms with van der Waals surface area (Å²) in [5.41, 5.74) is 11.1. The number of nitrogens with one attached hydrogen (secondary N) is 1. The number of carbonyl (C=O) groups is 1. The van der Waals surface area contributed by atoms with Gasteiger partial charge in [-0.1, -0.05) is 12.1 Å². The first-order valence-electron chi connectivity index (χ1n) is 6.69. The highest BCUT2D eigenvalue weighted by atomic mass is 16.5. The molecule has 0 radical (unpaired) electrons. The minimum atomic E-state index is -0.258. The van der Waals surface area contributed by atoms with Gasteiger partial charge in [0.1, 0.15) is 5.75 Å². The lowest BCUT2D eigenvalue weighted by molar-refractivity contribution is 0.0954. The molecule has 0 aliphatic carbocycles. The molecule has 2 aromatic carbocycles. The van der Waals surface area contributed by atoms with Crippen molar-refractivity contribution < 1.29 is 9.53 Å². The molecule has 0 aromatic heterocycles. The molecule has 2 aromatic rings. The standard InChI is InChI=1S/C16H15N3O2/c17-12-7-5-11(6-8-12)16(20)19-18-14-9-10-21-15-4-2-1-3-13(14)15/h1-8H,9-10,17H2,(H,19,20)/b18-14-. The molecule has 0 unspecified atom stereocenters. The molecule has 1 heterocycles. The Morgan fingerprint density at radius 1 is 1.14 bits per heavy atom. The summed E-state index contributed by atoms with van der Waals surface area (Å²) in [4.78, 5) is 12.0. The molecule has 0 saturated heterocycles. The molecule has 1 aliphatic heterocycles. The van der Waals surface area contributed by atoms with Gasteiger partial charge in [0, 0.05) is 23.2 Å². The van der Waals surface area contributed by atoms with Crippen molar-refractivity contribution in [2.75, 3.05) is 12.3 Å². The Labute approximate surface area is 122 Å². The number of fused-ring (bicyclic) bond motifs is 1. The van der Waals surface area contributed by atoms with E-state index in [1.54, 1.807) is 24.3 Å². The van der Waals surface area contributed by atoms with E-state index in [2.05, 4.69) is 10.5 Å². The first-order chi connectivity index (χ1) is 10.2. The number of anilines is 1. The third kappa shape index (κ3) is 2.86. The van der Waals surface area contributed by atoms with Crippen LogP contribution in [0.4, 0.5) is 5.69 Å². The van der Waals surface area contributed by atoms with Crippen LogP contribution in [0.25, 0.3) is 0 Å². The van der Waals surface area contributed by atoms with Crippen LogP contribution in [0.3, 0.4) is 0 Å². The first kappa shape index (κ1) is 13.2. The largest absolute Gasteiger partial charge is 0.492 e. The summed E-state index contributed by atoms with van der Waals surface area (Å²) in [5.74, 6) is 0.538. The number of ether oxygens (including phenoxy) is 1. The van der Waals surface area contributed by atoms with E-state index < -0.39 is 0 Å². The van der Waals surface area contributed by atoms with Gasteiger partial charge in [0.15, 0.2) is 0 Å². The quantitative estimate of drug-likeness (QED) is 0.654. The highest BCUT2D eigenvalue weighted by molar-refractivity contribution is 6.04. The summed E-state index contributed by atoms with van der Waals surface area (Å²) >= 11 is 0. The molecule has 21 heavy (non-hydrogen) atoms. The number of hydrogen-bond acceptors (Lipinski definition) is 4. The van der Waals surface area contributed by atoms with Crippen molar-refractivity contribution in [1.29, 1.82) is 0 Å². The Kier molecular flexibility index (Phi) is 3.55. The number of benzene rings is 2. The molecule has 5 heteroatoms. The van der Waals surface area contributed by atoms with Crippen LogP contribution in [-0.2, 0) is 0 Å². The van der Waals surface area contributed by atoms with Crippen LogP contribution in [0.15, 0.2) is 53.6 Å². The molecule has 0 bridgehead atoms. The number of hydrogen-bond donors (Lipinski definition) is 2. The number of carbonyl (C=O) groups excluding carboxylic acids is 1. The predicted molar refractivity (Wildman–Crippen MR) is 81.4 cm³/mol. The summed E-state index contributed by atoms with van der Waals surface area (Å²) in [6.07, 6.45) is 0.666. The molecule has 1 aliphatic rings. The van der Waals surface area contributed by atoms with E-state index in [4.69, 9.17) is 10.5 Å². The van der Waals surface area contributed by atoms with Crippen molar-refractivity contribution in [1.82, 2.24) is 5.43 Å². The summed E-state index contributed by atoms with van der Waals surface area (Å²) in [6.45, 7) is 0.563. The Balaban J connectivity index is 1.78. The molecule has 106 valence electrons. The van der Waals surface area contributed by atoms with Crippen LogP contribution in [0.2, 0.25) is 0 Å². The van der Waals surface area contributed by atoms with Crippen molar-refractivity contribution in [2.24, 2.45) is 5.10 Å². The Hall–Kier alpha value is -2.82. The zero-order valence-corrected chi connectivity index (χ0v) is 11.4. The molecule has 0 saturated carbocycles. The second kappa shape index (κ2) is 5.66. The van der Waals surface area contributed by atoms with Gasteiger partial charge in [0.05, 0.1) is 12.3 Å². The summed E-state index contributed by atoms with van der Waals surface area (Å²) in [5, 5.41) is 4.23. The molecule has 3 N–H and O–H groups in total. The fourth-order valence-electron chi connectivity index (χ4n) is 2.16. The van der Waals surface area contributed by atoms with E-state index in [0.717, 1.165) is 17.0 Å². The first-order valence-corrected chi connectivity index (χ1v) is 6.69. The lowest BCUT2D eigenvalue weighted by Crippen LogP contribution is -2.23. The third-order valence-corrected chi connectivity index (χ3v) is 3.26. The second-order valence-electron chi connectivity index (χ2n) is 4.72. The van der Waals surface area contributed by atoms with Gasteiger partial charge in [-0.05, 0) is 36.4 Å². The smallest absolute Gasteiger partial charge is 0.271 e.